The third-order valence-electron chi connectivity index (χ3n) is 4.24. The van der Waals surface area contributed by atoms with Crippen molar-refractivity contribution in [2.24, 2.45) is 11.7 Å². The Morgan fingerprint density at radius 3 is 2.53 bits per heavy atom. The summed E-state index contributed by atoms with van der Waals surface area (Å²) in [5.41, 5.74) is 5.96. The molecular weight excluding hydrogens is 186 g/mol. The van der Waals surface area contributed by atoms with E-state index in [1.54, 1.807) is 0 Å². The van der Waals surface area contributed by atoms with Crippen LogP contribution in [0.3, 0.4) is 0 Å². The van der Waals surface area contributed by atoms with Crippen LogP contribution >= 0.6 is 0 Å². The zero-order valence-corrected chi connectivity index (χ0v) is 10.2. The van der Waals surface area contributed by atoms with Crippen molar-refractivity contribution in [2.45, 2.75) is 38.3 Å². The Balaban J connectivity index is 1.94. The van der Waals surface area contributed by atoms with Gasteiger partial charge in [0.05, 0.1) is 0 Å². The summed E-state index contributed by atoms with van der Waals surface area (Å²) in [4.78, 5) is 5.08. The Labute approximate surface area is 93.6 Å². The first-order chi connectivity index (χ1) is 7.22. The quantitative estimate of drug-likeness (QED) is 0.748. The van der Waals surface area contributed by atoms with Gasteiger partial charge < -0.3 is 10.6 Å². The SMILES string of the molecule is CC1CN(C)CCN1C(CN)C1CCC1. The summed E-state index contributed by atoms with van der Waals surface area (Å²) in [7, 11) is 2.22. The minimum absolute atomic E-state index is 0.655. The number of rotatable bonds is 3. The first-order valence-electron chi connectivity index (χ1n) is 6.36. The van der Waals surface area contributed by atoms with Crippen molar-refractivity contribution >= 4 is 0 Å². The largest absolute Gasteiger partial charge is 0.329 e. The highest BCUT2D eigenvalue weighted by Crippen LogP contribution is 2.33. The molecule has 1 saturated heterocycles. The Kier molecular flexibility index (Phi) is 3.65. The van der Waals surface area contributed by atoms with Gasteiger partial charge in [0.2, 0.25) is 0 Å². The molecule has 2 rings (SSSR count). The molecule has 1 aliphatic carbocycles. The first kappa shape index (κ1) is 11.4. The maximum Gasteiger partial charge on any atom is 0.0250 e. The van der Waals surface area contributed by atoms with E-state index in [0.29, 0.717) is 12.1 Å². The predicted octanol–water partition coefficient (Wildman–Crippen LogP) is 0.750. The molecule has 88 valence electrons. The number of piperazine rings is 1. The van der Waals surface area contributed by atoms with E-state index in [9.17, 15) is 0 Å². The van der Waals surface area contributed by atoms with Crippen LogP contribution in [-0.4, -0.2) is 55.1 Å². The minimum atomic E-state index is 0.655. The highest BCUT2D eigenvalue weighted by molar-refractivity contribution is 4.90. The highest BCUT2D eigenvalue weighted by Gasteiger charge is 2.34. The molecular formula is C12H25N3. The molecule has 3 nitrogen and oxygen atoms in total. The second kappa shape index (κ2) is 4.81. The minimum Gasteiger partial charge on any atom is -0.329 e. The zero-order chi connectivity index (χ0) is 10.8. The Morgan fingerprint density at radius 2 is 2.07 bits per heavy atom. The van der Waals surface area contributed by atoms with Crippen molar-refractivity contribution in [1.82, 2.24) is 9.80 Å². The third kappa shape index (κ3) is 2.35. The fourth-order valence-corrected chi connectivity index (χ4v) is 3.07. The molecule has 0 aromatic carbocycles. The van der Waals surface area contributed by atoms with Crippen molar-refractivity contribution in [2.75, 3.05) is 33.2 Å². The summed E-state index contributed by atoms with van der Waals surface area (Å²) in [6.45, 7) is 6.79. The van der Waals surface area contributed by atoms with Crippen LogP contribution in [0.1, 0.15) is 26.2 Å². The van der Waals surface area contributed by atoms with Crippen molar-refractivity contribution in [3.05, 3.63) is 0 Å². The molecule has 2 aliphatic rings. The smallest absolute Gasteiger partial charge is 0.0250 e. The molecule has 3 heteroatoms. The van der Waals surface area contributed by atoms with Gasteiger partial charge in [-0.05, 0) is 32.7 Å². The van der Waals surface area contributed by atoms with Gasteiger partial charge in [-0.2, -0.15) is 0 Å². The molecule has 0 bridgehead atoms. The molecule has 0 amide bonds. The second-order valence-electron chi connectivity index (χ2n) is 5.34. The number of likely N-dealkylation sites (N-methyl/N-ethyl adjacent to an activating group) is 1. The molecule has 2 fully saturated rings. The number of hydrogen-bond acceptors (Lipinski definition) is 3. The normalized spacial score (nSPS) is 32.6. The van der Waals surface area contributed by atoms with Crippen molar-refractivity contribution < 1.29 is 0 Å². The molecule has 2 N–H and O–H groups in total. The van der Waals surface area contributed by atoms with Crippen LogP contribution in [0.15, 0.2) is 0 Å². The van der Waals surface area contributed by atoms with Crippen molar-refractivity contribution in [3.8, 4) is 0 Å². The molecule has 0 radical (unpaired) electrons. The van der Waals surface area contributed by atoms with E-state index < -0.39 is 0 Å². The van der Waals surface area contributed by atoms with Crippen LogP contribution in [-0.2, 0) is 0 Å². The summed E-state index contributed by atoms with van der Waals surface area (Å²) in [6, 6.07) is 1.33. The van der Waals surface area contributed by atoms with Gasteiger partial charge in [-0.25, -0.2) is 0 Å². The zero-order valence-electron chi connectivity index (χ0n) is 10.2. The lowest BCUT2D eigenvalue weighted by molar-refractivity contribution is 0.0205. The molecule has 0 aromatic heterocycles. The van der Waals surface area contributed by atoms with E-state index in [-0.39, 0.29) is 0 Å². The molecule has 1 heterocycles. The van der Waals surface area contributed by atoms with Crippen LogP contribution in [0, 0.1) is 5.92 Å². The number of nitrogens with two attached hydrogens (primary N) is 1. The first-order valence-corrected chi connectivity index (χ1v) is 6.36. The summed E-state index contributed by atoms with van der Waals surface area (Å²) >= 11 is 0. The molecule has 2 atom stereocenters. The van der Waals surface area contributed by atoms with Crippen LogP contribution in [0.2, 0.25) is 0 Å². The van der Waals surface area contributed by atoms with Gasteiger partial charge >= 0.3 is 0 Å². The molecule has 15 heavy (non-hydrogen) atoms. The van der Waals surface area contributed by atoms with Crippen LogP contribution < -0.4 is 5.73 Å². The highest BCUT2D eigenvalue weighted by atomic mass is 15.3. The standard InChI is InChI=1S/C12H25N3/c1-10-9-14(2)6-7-15(10)12(8-13)11-4-3-5-11/h10-12H,3-9,13H2,1-2H3. The van der Waals surface area contributed by atoms with Crippen molar-refractivity contribution in [1.29, 1.82) is 0 Å². The van der Waals surface area contributed by atoms with E-state index in [1.165, 1.54) is 38.9 Å². The number of hydrogen-bond donors (Lipinski definition) is 1. The summed E-state index contributed by atoms with van der Waals surface area (Å²) in [5, 5.41) is 0. The monoisotopic (exact) mass is 211 g/mol. The van der Waals surface area contributed by atoms with E-state index in [2.05, 4.69) is 23.8 Å². The fourth-order valence-electron chi connectivity index (χ4n) is 3.07. The van der Waals surface area contributed by atoms with Crippen molar-refractivity contribution in [3.63, 3.8) is 0 Å². The number of nitrogens with zero attached hydrogens (tertiary/aromatic N) is 2. The Morgan fingerprint density at radius 1 is 1.33 bits per heavy atom. The van der Waals surface area contributed by atoms with E-state index in [4.69, 9.17) is 5.73 Å². The summed E-state index contributed by atoms with van der Waals surface area (Å²) in [6.07, 6.45) is 4.23. The fraction of sp³-hybridized carbons (Fsp3) is 1.00. The van der Waals surface area contributed by atoms with Crippen LogP contribution in [0.25, 0.3) is 0 Å². The lowest BCUT2D eigenvalue weighted by atomic mass is 9.78. The maximum atomic E-state index is 5.96. The van der Waals surface area contributed by atoms with E-state index in [1.807, 2.05) is 0 Å². The topological polar surface area (TPSA) is 32.5 Å². The molecule has 1 saturated carbocycles. The van der Waals surface area contributed by atoms with Gasteiger partial charge in [0, 0.05) is 38.3 Å². The lowest BCUT2D eigenvalue weighted by Crippen LogP contribution is -2.58. The molecule has 0 spiro atoms. The molecule has 2 unspecified atom stereocenters. The molecule has 0 aromatic rings. The van der Waals surface area contributed by atoms with E-state index in [0.717, 1.165) is 12.5 Å². The third-order valence-corrected chi connectivity index (χ3v) is 4.24. The van der Waals surface area contributed by atoms with E-state index >= 15 is 0 Å². The van der Waals surface area contributed by atoms with Crippen LogP contribution in [0.5, 0.6) is 0 Å². The van der Waals surface area contributed by atoms with Gasteiger partial charge in [-0.15, -0.1) is 0 Å². The average Bonchev–Trinajstić information content (AvgIpc) is 2.12. The Hall–Kier alpha value is -0.120. The summed E-state index contributed by atoms with van der Waals surface area (Å²) in [5.74, 6) is 0.890. The average molecular weight is 211 g/mol. The second-order valence-corrected chi connectivity index (χ2v) is 5.34. The summed E-state index contributed by atoms with van der Waals surface area (Å²) < 4.78 is 0. The Bertz CT molecular complexity index is 203. The lowest BCUT2D eigenvalue weighted by Gasteiger charge is -2.47. The van der Waals surface area contributed by atoms with Gasteiger partial charge in [-0.1, -0.05) is 6.42 Å². The van der Waals surface area contributed by atoms with Gasteiger partial charge in [0.15, 0.2) is 0 Å². The van der Waals surface area contributed by atoms with Gasteiger partial charge in [-0.3, -0.25) is 4.90 Å². The maximum absolute atomic E-state index is 5.96. The van der Waals surface area contributed by atoms with Gasteiger partial charge in [0.25, 0.3) is 0 Å². The predicted molar refractivity (Wildman–Crippen MR) is 63.8 cm³/mol. The molecule has 1 aliphatic heterocycles. The van der Waals surface area contributed by atoms with Crippen LogP contribution in [0.4, 0.5) is 0 Å². The van der Waals surface area contributed by atoms with Gasteiger partial charge in [0.1, 0.15) is 0 Å².